The number of carboxylic acid groups (broad SMARTS) is 2. The van der Waals surface area contributed by atoms with E-state index in [1.54, 1.807) is 92.8 Å². The van der Waals surface area contributed by atoms with Crippen molar-refractivity contribution >= 4 is 136 Å². The van der Waals surface area contributed by atoms with Crippen LogP contribution in [0.3, 0.4) is 0 Å². The van der Waals surface area contributed by atoms with E-state index < -0.39 is 215 Å². The Kier molecular flexibility index (Phi) is 45.8. The summed E-state index contributed by atoms with van der Waals surface area (Å²) in [6.07, 6.45) is 3.01. The van der Waals surface area contributed by atoms with Crippen LogP contribution in [-0.2, 0) is 123 Å². The highest BCUT2D eigenvalue weighted by Crippen LogP contribution is 2.28. The van der Waals surface area contributed by atoms with Gasteiger partial charge < -0.3 is 109 Å². The number of thioether (sulfide) groups is 1. The molecule has 0 spiro atoms. The minimum atomic E-state index is -1.47. The molecule has 0 radical (unpaired) electrons. The number of carboxylic acids is 2. The molecule has 16 N–H and O–H groups in total. The van der Waals surface area contributed by atoms with Crippen LogP contribution in [0.5, 0.6) is 0 Å². The van der Waals surface area contributed by atoms with Crippen LogP contribution in [0.25, 0.3) is 10.9 Å². The fourth-order valence-corrected chi connectivity index (χ4v) is 16.4. The maximum atomic E-state index is 15.0. The summed E-state index contributed by atoms with van der Waals surface area (Å²) in [5.41, 5.74) is 3.50. The first-order valence-corrected chi connectivity index (χ1v) is 49.7. The molecular weight excluding hydrogens is 1890 g/mol. The van der Waals surface area contributed by atoms with Crippen LogP contribution in [0.2, 0.25) is 0 Å². The molecule has 1 aromatic heterocycles. The van der Waals surface area contributed by atoms with E-state index in [9.17, 15) is 96.2 Å². The van der Waals surface area contributed by atoms with Gasteiger partial charge in [0.25, 0.3) is 0 Å². The van der Waals surface area contributed by atoms with Gasteiger partial charge in [-0.25, -0.2) is 14.4 Å². The highest BCUT2D eigenvalue weighted by Gasteiger charge is 2.44. The van der Waals surface area contributed by atoms with Crippen molar-refractivity contribution in [1.29, 1.82) is 0 Å². The van der Waals surface area contributed by atoms with Gasteiger partial charge in [0.2, 0.25) is 82.7 Å². The number of aromatic nitrogens is 1. The number of hydrogen-bond acceptors (Lipinski definition) is 23. The Morgan fingerprint density at radius 2 is 0.738 bits per heavy atom. The number of nitrogens with one attached hydrogen (secondary N) is 14. The zero-order valence-corrected chi connectivity index (χ0v) is 86.0. The van der Waals surface area contributed by atoms with Crippen LogP contribution < -0.4 is 74.4 Å². The summed E-state index contributed by atoms with van der Waals surface area (Å²) in [4.78, 5) is 256. The third-order valence-corrected chi connectivity index (χ3v) is 23.6. The van der Waals surface area contributed by atoms with Gasteiger partial charge in [-0.1, -0.05) is 139 Å². The quantitative estimate of drug-likeness (QED) is 0.0172. The lowest BCUT2D eigenvalue weighted by atomic mass is 10.0. The number of fused-ring (bicyclic) bond motifs is 1. The Bertz CT molecular complexity index is 5490. The van der Waals surface area contributed by atoms with E-state index in [2.05, 4.69) is 74.4 Å². The Hall–Kier alpha value is -14.5. The highest BCUT2D eigenvalue weighted by atomic mass is 32.2. The molecule has 2 aliphatic heterocycles. The molecule has 41 nitrogen and oxygen atoms in total. The van der Waals surface area contributed by atoms with Crippen molar-refractivity contribution in [3.63, 3.8) is 0 Å². The number of aryl methyl sites for hydroxylation is 2. The largest absolute Gasteiger partial charge is 0.480 e. The van der Waals surface area contributed by atoms with E-state index >= 15 is 0 Å². The number of likely N-dealkylation sites (tertiary alicyclic amines) is 2. The van der Waals surface area contributed by atoms with Crippen LogP contribution in [0.1, 0.15) is 187 Å². The second kappa shape index (κ2) is 56.5. The first-order chi connectivity index (χ1) is 68.3. The molecule has 0 aliphatic carbocycles. The first-order valence-electron chi connectivity index (χ1n) is 48.4. The average molecular weight is 2030 g/mol. The zero-order chi connectivity index (χ0) is 107. The molecule has 16 amide bonds. The summed E-state index contributed by atoms with van der Waals surface area (Å²) in [5, 5.41) is 55.6. The zero-order valence-electron chi connectivity index (χ0n) is 85.2. The molecule has 0 bridgehead atoms. The molecule has 788 valence electrons. The van der Waals surface area contributed by atoms with Gasteiger partial charge in [0, 0.05) is 83.7 Å². The molecule has 3 heterocycles. The number of amides is 16. The second-order valence-electron chi connectivity index (χ2n) is 38.8. The predicted octanol–water partition coefficient (Wildman–Crippen LogP) is 5.22. The Balaban J connectivity index is 0.000000407. The van der Waals surface area contributed by atoms with Gasteiger partial charge in [-0.3, -0.25) is 81.3 Å². The van der Waals surface area contributed by atoms with Crippen molar-refractivity contribution in [3.05, 3.63) is 179 Å². The summed E-state index contributed by atoms with van der Waals surface area (Å²) in [5.74, 6) is -11.6. The number of ether oxygens (including phenoxy) is 3. The van der Waals surface area contributed by atoms with Gasteiger partial charge in [-0.2, -0.15) is 11.8 Å². The van der Waals surface area contributed by atoms with Gasteiger partial charge in [0.15, 0.2) is 0 Å². The molecule has 2 aliphatic rings. The SMILES string of the molecule is CC(=O)N[C@@H](Cc1ccccc1)C(=O)N[C@@H](Cc1ccc(C)cc1)C(=O)N1CCC[C@H]1C(=O)N[C@@H](C)C(=O)N[C@@H](C)C(=O)N[C@@H](CCCNC(=O)OC(C)(C)C)C(=O)NCC(=O)O.CSCC[C@H](NC(=O)[C@H](Cc1cn(C(=O)OC(C)(C)C)c2ccccc12)NC(=O)[C@@H]1CCCN1C(=O)[C@H](Cc1ccc(C)cc1)NC(=O)[C@H](Cc1ccccc1)NC(C)=O)C(=O)N[C@@H](CCCNC(=O)OC(C)(C)C)C(=O)NCC(=O)O. The third kappa shape index (κ3) is 40.7. The number of alkyl carbamates (subject to hydrolysis) is 2. The van der Waals surface area contributed by atoms with Crippen LogP contribution in [0.4, 0.5) is 14.4 Å². The van der Waals surface area contributed by atoms with Gasteiger partial charge in [0.05, 0.1) is 5.52 Å². The molecule has 42 heteroatoms. The second-order valence-corrected chi connectivity index (χ2v) is 39.8. The normalized spacial score (nSPS) is 15.4. The van der Waals surface area contributed by atoms with E-state index in [1.807, 2.05) is 123 Å². The number of benzene rings is 5. The lowest BCUT2D eigenvalue weighted by Gasteiger charge is -2.31. The van der Waals surface area contributed by atoms with E-state index in [0.29, 0.717) is 40.6 Å². The third-order valence-electron chi connectivity index (χ3n) is 22.9. The number of hydrogen-bond donors (Lipinski definition) is 16. The summed E-state index contributed by atoms with van der Waals surface area (Å²) in [6.45, 7) is 23.5. The molecule has 8 rings (SSSR count). The molecule has 145 heavy (non-hydrogen) atoms. The molecular formula is C103H141N17O24S. The standard InChI is InChI=1S/C59H79N9O13S.C44H62N8O11/c1-36-23-25-39(26-24-36)32-46(66-52(74)44(62-37(2)69)31-38-17-11-10-12-18-38)55(77)67-29-16-22-48(67)54(76)65-45(33-40-35-68(57(79)81-59(6,7)8)47-21-14-13-19-41(40)47)53(75)64-43(27-30-82-9)51(73)63-42(50(72)61-34-49(70)71)20-15-28-60-56(78)80-58(3,4)5;1-26-17-19-31(20-18-26)24-34(51-40(59)33(49-29(4)53)23-30-13-9-8-10-14-30)42(61)52-22-12-16-35(52)41(60)48-27(2)37(56)47-28(3)38(57)50-32(39(58)46-25-36(54)55)15-11-21-45-43(62)63-44(5,6)7/h10-14,17-19,21,23-26,35,42-46,48H,15-16,20,22,27-34H2,1-9H3,(H,60,78)(H,61,72)(H,62,69)(H,63,73)(H,64,75)(H,65,76)(H,66,74)(H,70,71);8-10,13-14,17-20,27-28,32-35H,11-12,15-16,21-25H2,1-7H3,(H,45,62)(H,46,58)(H,47,56)(H,48,60)(H,49,53)(H,50,57)(H,51,59)(H,54,55)/t42-,43-,44-,45-,46-,48-;27-,28-,32-,33-,34-,35-/m00/s1. The molecule has 5 aromatic carbocycles. The Morgan fingerprint density at radius 1 is 0.386 bits per heavy atom. The van der Waals surface area contributed by atoms with Crippen molar-refractivity contribution in [3.8, 4) is 0 Å². The monoisotopic (exact) mass is 2030 g/mol. The Morgan fingerprint density at radius 3 is 1.14 bits per heavy atom. The molecule has 12 atom stereocenters. The lowest BCUT2D eigenvalue weighted by Crippen LogP contribution is -2.60. The highest BCUT2D eigenvalue weighted by molar-refractivity contribution is 7.98. The summed E-state index contributed by atoms with van der Waals surface area (Å²) < 4.78 is 17.5. The number of carbonyl (C=O) groups excluding carboxylic acids is 17. The van der Waals surface area contributed by atoms with Gasteiger partial charge >= 0.3 is 30.2 Å². The number of aliphatic carboxylic acids is 2. The van der Waals surface area contributed by atoms with E-state index in [-0.39, 0.29) is 103 Å². The van der Waals surface area contributed by atoms with Crippen LogP contribution in [0.15, 0.2) is 140 Å². The molecule has 6 aromatic rings. The van der Waals surface area contributed by atoms with Crippen molar-refractivity contribution in [2.75, 3.05) is 51.3 Å². The number of carbonyl (C=O) groups is 19. The predicted molar refractivity (Wildman–Crippen MR) is 540 cm³/mol. The first kappa shape index (κ1) is 117. The van der Waals surface area contributed by atoms with Gasteiger partial charge in [0.1, 0.15) is 102 Å². The minimum Gasteiger partial charge on any atom is -0.480 e. The molecule has 2 fully saturated rings. The molecule has 0 saturated carbocycles. The van der Waals surface area contributed by atoms with E-state index in [1.165, 1.54) is 60.0 Å². The fraction of sp³-hybridized carbons (Fsp3) is 0.505. The van der Waals surface area contributed by atoms with Crippen LogP contribution in [-0.4, -0.2) is 278 Å². The summed E-state index contributed by atoms with van der Waals surface area (Å²) in [7, 11) is 0. The van der Waals surface area contributed by atoms with Crippen molar-refractivity contribution in [1.82, 2.24) is 88.8 Å². The van der Waals surface area contributed by atoms with E-state index in [0.717, 1.165) is 27.8 Å². The number of para-hydroxylation sites is 1. The summed E-state index contributed by atoms with van der Waals surface area (Å²) in [6, 6.07) is 25.7. The average Bonchev–Trinajstić information content (AvgIpc) is 1.64. The minimum absolute atomic E-state index is 0.00411. The van der Waals surface area contributed by atoms with Crippen LogP contribution >= 0.6 is 11.8 Å². The van der Waals surface area contributed by atoms with Crippen LogP contribution in [0, 0.1) is 13.8 Å². The lowest BCUT2D eigenvalue weighted by molar-refractivity contribution is -0.142. The maximum absolute atomic E-state index is 15.0. The molecule has 0 unspecified atom stereocenters. The van der Waals surface area contributed by atoms with Gasteiger partial charge in [-0.05, 0) is 194 Å². The number of rotatable bonds is 47. The number of nitrogens with zero attached hydrogens (tertiary/aromatic N) is 3. The Labute approximate surface area is 848 Å². The summed E-state index contributed by atoms with van der Waals surface area (Å²) >= 11 is 1.37. The topological polar surface area (TPSA) is 572 Å². The van der Waals surface area contributed by atoms with Crippen molar-refractivity contribution in [2.45, 2.75) is 283 Å². The maximum Gasteiger partial charge on any atom is 0.419 e. The van der Waals surface area contributed by atoms with E-state index in [4.69, 9.17) is 19.3 Å². The van der Waals surface area contributed by atoms with Gasteiger partial charge in [-0.15, -0.1) is 0 Å². The molecule has 2 saturated heterocycles. The van der Waals surface area contributed by atoms with Crippen molar-refractivity contribution in [2.24, 2.45) is 0 Å². The van der Waals surface area contributed by atoms with Crippen molar-refractivity contribution < 1.29 is 116 Å². The smallest absolute Gasteiger partial charge is 0.419 e. The fourth-order valence-electron chi connectivity index (χ4n) is 15.9.